The van der Waals surface area contributed by atoms with Crippen molar-refractivity contribution in [3.8, 4) is 0 Å². The second-order valence-electron chi connectivity index (χ2n) is 3.54. The van der Waals surface area contributed by atoms with Crippen molar-refractivity contribution in [1.29, 1.82) is 0 Å². The molecule has 0 atom stereocenters. The Labute approximate surface area is 95.9 Å². The minimum atomic E-state index is -1.00. The lowest BCUT2D eigenvalue weighted by molar-refractivity contribution is 0.0699. The summed E-state index contributed by atoms with van der Waals surface area (Å²) < 4.78 is 0. The first-order valence-corrected chi connectivity index (χ1v) is 4.89. The number of hydrogen-bond acceptors (Lipinski definition) is 5. The lowest BCUT2D eigenvalue weighted by Crippen LogP contribution is -2.36. The van der Waals surface area contributed by atoms with Gasteiger partial charge in [-0.15, -0.1) is 0 Å². The highest BCUT2D eigenvalue weighted by molar-refractivity contribution is 5.91. The topological polar surface area (TPSA) is 116 Å². The maximum absolute atomic E-state index is 11.1. The van der Waals surface area contributed by atoms with Gasteiger partial charge in [0.25, 0.3) is 5.91 Å². The summed E-state index contributed by atoms with van der Waals surface area (Å²) in [5, 5.41) is 17.3. The van der Waals surface area contributed by atoms with Gasteiger partial charge in [0.15, 0.2) is 0 Å². The van der Waals surface area contributed by atoms with Gasteiger partial charge in [0.05, 0.1) is 24.1 Å². The summed E-state index contributed by atoms with van der Waals surface area (Å²) in [4.78, 5) is 31.1. The second-order valence-corrected chi connectivity index (χ2v) is 3.54. The van der Waals surface area contributed by atoms with Gasteiger partial charge in [0, 0.05) is 13.0 Å². The Morgan fingerprint density at radius 1 is 1.41 bits per heavy atom. The van der Waals surface area contributed by atoms with Crippen LogP contribution >= 0.6 is 0 Å². The SMILES string of the molecule is O=C(NO)c1cnc2c(n1)CCN(C(=O)O)C2. The van der Waals surface area contributed by atoms with Crippen molar-refractivity contribution in [3.63, 3.8) is 0 Å². The van der Waals surface area contributed by atoms with Gasteiger partial charge in [0.2, 0.25) is 0 Å². The van der Waals surface area contributed by atoms with Crippen LogP contribution < -0.4 is 5.48 Å². The Morgan fingerprint density at radius 3 is 2.82 bits per heavy atom. The van der Waals surface area contributed by atoms with Gasteiger partial charge in [-0.1, -0.05) is 0 Å². The fraction of sp³-hybridized carbons (Fsp3) is 0.333. The van der Waals surface area contributed by atoms with E-state index < -0.39 is 12.0 Å². The number of aromatic nitrogens is 2. The van der Waals surface area contributed by atoms with Crippen molar-refractivity contribution in [1.82, 2.24) is 20.3 Å². The summed E-state index contributed by atoms with van der Waals surface area (Å²) in [6.45, 7) is 0.486. The fourth-order valence-corrected chi connectivity index (χ4v) is 1.62. The maximum atomic E-state index is 11.1. The summed E-state index contributed by atoms with van der Waals surface area (Å²) in [5.74, 6) is -0.735. The zero-order valence-corrected chi connectivity index (χ0v) is 8.75. The van der Waals surface area contributed by atoms with E-state index in [4.69, 9.17) is 10.3 Å². The number of nitrogens with one attached hydrogen (secondary N) is 1. The van der Waals surface area contributed by atoms with Crippen molar-refractivity contribution in [3.05, 3.63) is 23.3 Å². The normalized spacial score (nSPS) is 14.1. The molecule has 1 aromatic rings. The fourth-order valence-electron chi connectivity index (χ4n) is 1.62. The molecule has 90 valence electrons. The molecule has 0 aromatic carbocycles. The zero-order chi connectivity index (χ0) is 12.4. The van der Waals surface area contributed by atoms with Crippen molar-refractivity contribution in [2.24, 2.45) is 0 Å². The quantitative estimate of drug-likeness (QED) is 0.454. The highest BCUT2D eigenvalue weighted by atomic mass is 16.5. The molecule has 1 aliphatic rings. The monoisotopic (exact) mass is 238 g/mol. The van der Waals surface area contributed by atoms with E-state index in [-0.39, 0.29) is 12.2 Å². The van der Waals surface area contributed by atoms with E-state index in [1.807, 2.05) is 0 Å². The zero-order valence-electron chi connectivity index (χ0n) is 8.75. The van der Waals surface area contributed by atoms with Crippen molar-refractivity contribution < 1.29 is 19.9 Å². The Balaban J connectivity index is 2.25. The van der Waals surface area contributed by atoms with E-state index in [0.29, 0.717) is 24.4 Å². The molecule has 3 N–H and O–H groups in total. The molecule has 2 heterocycles. The number of nitrogens with zero attached hydrogens (tertiary/aromatic N) is 3. The molecule has 0 fully saturated rings. The first kappa shape index (κ1) is 11.3. The first-order chi connectivity index (χ1) is 8.11. The predicted octanol–water partition coefficient (Wildman–Crippen LogP) is -0.368. The minimum absolute atomic E-state index is 0.00928. The molecule has 0 aliphatic carbocycles. The van der Waals surface area contributed by atoms with Gasteiger partial charge in [-0.2, -0.15) is 0 Å². The van der Waals surface area contributed by atoms with Gasteiger partial charge >= 0.3 is 6.09 Å². The van der Waals surface area contributed by atoms with E-state index in [0.717, 1.165) is 0 Å². The van der Waals surface area contributed by atoms with Crippen LogP contribution in [0.2, 0.25) is 0 Å². The third-order valence-corrected chi connectivity index (χ3v) is 2.50. The van der Waals surface area contributed by atoms with Gasteiger partial charge < -0.3 is 10.0 Å². The average molecular weight is 238 g/mol. The Hall–Kier alpha value is -2.22. The molecule has 8 heteroatoms. The number of hydroxylamine groups is 1. The second kappa shape index (κ2) is 4.34. The number of fused-ring (bicyclic) bond motifs is 1. The summed E-state index contributed by atoms with van der Waals surface area (Å²) in [7, 11) is 0. The molecular weight excluding hydrogens is 228 g/mol. The first-order valence-electron chi connectivity index (χ1n) is 4.89. The van der Waals surface area contributed by atoms with Crippen LogP contribution in [0, 0.1) is 0 Å². The van der Waals surface area contributed by atoms with Crippen molar-refractivity contribution in [2.45, 2.75) is 13.0 Å². The minimum Gasteiger partial charge on any atom is -0.465 e. The van der Waals surface area contributed by atoms with Crippen LogP contribution in [-0.2, 0) is 13.0 Å². The molecule has 8 nitrogen and oxygen atoms in total. The predicted molar refractivity (Wildman–Crippen MR) is 53.4 cm³/mol. The Kier molecular flexibility index (Phi) is 2.88. The smallest absolute Gasteiger partial charge is 0.407 e. The molecule has 0 saturated heterocycles. The third-order valence-electron chi connectivity index (χ3n) is 2.50. The number of rotatable bonds is 1. The van der Waals surface area contributed by atoms with E-state index in [1.165, 1.54) is 16.6 Å². The van der Waals surface area contributed by atoms with E-state index in [9.17, 15) is 9.59 Å². The average Bonchev–Trinajstić information content (AvgIpc) is 2.36. The summed E-state index contributed by atoms with van der Waals surface area (Å²) >= 11 is 0. The number of carbonyl (C=O) groups is 2. The van der Waals surface area contributed by atoms with E-state index in [2.05, 4.69) is 9.97 Å². The molecule has 2 amide bonds. The van der Waals surface area contributed by atoms with Crippen molar-refractivity contribution >= 4 is 12.0 Å². The molecule has 0 bridgehead atoms. The third kappa shape index (κ3) is 2.16. The highest BCUT2D eigenvalue weighted by Gasteiger charge is 2.23. The van der Waals surface area contributed by atoms with Crippen LogP contribution in [0.5, 0.6) is 0 Å². The van der Waals surface area contributed by atoms with Crippen LogP contribution in [0.4, 0.5) is 4.79 Å². The van der Waals surface area contributed by atoms with Crippen LogP contribution in [0.25, 0.3) is 0 Å². The van der Waals surface area contributed by atoms with Gasteiger partial charge in [-0.25, -0.2) is 15.3 Å². The van der Waals surface area contributed by atoms with Gasteiger partial charge in [0.1, 0.15) is 5.69 Å². The number of amides is 2. The van der Waals surface area contributed by atoms with E-state index >= 15 is 0 Å². The molecule has 0 unspecified atom stereocenters. The highest BCUT2D eigenvalue weighted by Crippen LogP contribution is 2.15. The van der Waals surface area contributed by atoms with Crippen LogP contribution in [0.3, 0.4) is 0 Å². The van der Waals surface area contributed by atoms with Crippen molar-refractivity contribution in [2.75, 3.05) is 6.54 Å². The number of carbonyl (C=O) groups excluding carboxylic acids is 1. The molecule has 1 aromatic heterocycles. The van der Waals surface area contributed by atoms with Crippen LogP contribution in [0.15, 0.2) is 6.20 Å². The maximum Gasteiger partial charge on any atom is 0.407 e. The van der Waals surface area contributed by atoms with Crippen LogP contribution in [0.1, 0.15) is 21.9 Å². The molecule has 0 radical (unpaired) electrons. The van der Waals surface area contributed by atoms with E-state index in [1.54, 1.807) is 0 Å². The standard InChI is InChI=1S/C9H10N4O4/c14-8(12-17)6-3-10-7-4-13(9(15)16)2-1-5(7)11-6/h3,17H,1-2,4H2,(H,12,14)(H,15,16). The lowest BCUT2D eigenvalue weighted by Gasteiger charge is -2.24. The molecule has 2 rings (SSSR count). The number of carboxylic acid groups (broad SMARTS) is 1. The van der Waals surface area contributed by atoms with Gasteiger partial charge in [-0.05, 0) is 0 Å². The summed E-state index contributed by atoms with van der Waals surface area (Å²) in [6, 6.07) is 0. The largest absolute Gasteiger partial charge is 0.465 e. The molecule has 0 spiro atoms. The summed E-state index contributed by atoms with van der Waals surface area (Å²) in [5.41, 5.74) is 2.60. The lowest BCUT2D eigenvalue weighted by atomic mass is 10.1. The Bertz CT molecular complexity index is 476. The molecule has 17 heavy (non-hydrogen) atoms. The van der Waals surface area contributed by atoms with Gasteiger partial charge in [-0.3, -0.25) is 15.0 Å². The molecule has 1 aliphatic heterocycles. The molecule has 0 saturated carbocycles. The van der Waals surface area contributed by atoms with Crippen LogP contribution in [-0.4, -0.2) is 43.7 Å². The Morgan fingerprint density at radius 2 is 2.18 bits per heavy atom. The summed E-state index contributed by atoms with van der Waals surface area (Å²) in [6.07, 6.45) is 0.603. The number of hydrogen-bond donors (Lipinski definition) is 3. The molecular formula is C9H10N4O4.